The van der Waals surface area contributed by atoms with Gasteiger partial charge in [-0.2, -0.15) is 5.26 Å². The maximum atomic E-state index is 12.3. The quantitative estimate of drug-likeness (QED) is 0.667. The first-order valence-electron chi connectivity index (χ1n) is 6.70. The minimum Gasteiger partial charge on any atom is -0.411 e. The van der Waals surface area contributed by atoms with Crippen LogP contribution in [0, 0.1) is 11.3 Å². The number of nitriles is 1. The SMILES string of the molecule is N#Cc1cccc(S(=O)(=O)CCN2CCC(=NO)CC2)c1. The molecule has 1 fully saturated rings. The summed E-state index contributed by atoms with van der Waals surface area (Å²) in [6.45, 7) is 1.85. The molecule has 0 aromatic heterocycles. The Kier molecular flexibility index (Phi) is 4.94. The Hall–Kier alpha value is -1.91. The van der Waals surface area contributed by atoms with Crippen LogP contribution in [0.1, 0.15) is 18.4 Å². The van der Waals surface area contributed by atoms with Crippen LogP contribution in [0.5, 0.6) is 0 Å². The molecule has 0 bridgehead atoms. The standard InChI is InChI=1S/C14H17N3O3S/c15-11-12-2-1-3-14(10-12)21(19,20)9-8-17-6-4-13(16-18)5-7-17/h1-3,10,18H,4-9H2. The lowest BCUT2D eigenvalue weighted by atomic mass is 10.1. The van der Waals surface area contributed by atoms with E-state index in [0.29, 0.717) is 38.0 Å². The second kappa shape index (κ2) is 6.70. The number of rotatable bonds is 4. The summed E-state index contributed by atoms with van der Waals surface area (Å²) in [5.74, 6) is 0.0213. The largest absolute Gasteiger partial charge is 0.411 e. The number of likely N-dealkylation sites (tertiary alicyclic amines) is 1. The Labute approximate surface area is 124 Å². The number of piperidine rings is 1. The van der Waals surface area contributed by atoms with Gasteiger partial charge in [0.1, 0.15) is 0 Å². The van der Waals surface area contributed by atoms with E-state index < -0.39 is 9.84 Å². The van der Waals surface area contributed by atoms with Gasteiger partial charge in [0.2, 0.25) is 0 Å². The fourth-order valence-corrected chi connectivity index (χ4v) is 3.59. The second-order valence-corrected chi connectivity index (χ2v) is 7.08. The van der Waals surface area contributed by atoms with E-state index in [4.69, 9.17) is 10.5 Å². The van der Waals surface area contributed by atoms with Crippen LogP contribution >= 0.6 is 0 Å². The summed E-state index contributed by atoms with van der Waals surface area (Å²) in [6, 6.07) is 8.03. The zero-order valence-electron chi connectivity index (χ0n) is 11.6. The van der Waals surface area contributed by atoms with Crippen LogP contribution in [0.2, 0.25) is 0 Å². The van der Waals surface area contributed by atoms with E-state index in [9.17, 15) is 8.42 Å². The Morgan fingerprint density at radius 2 is 2.05 bits per heavy atom. The Morgan fingerprint density at radius 1 is 1.33 bits per heavy atom. The highest BCUT2D eigenvalue weighted by Gasteiger charge is 2.20. The molecule has 2 rings (SSSR count). The van der Waals surface area contributed by atoms with E-state index in [1.54, 1.807) is 12.1 Å². The highest BCUT2D eigenvalue weighted by molar-refractivity contribution is 7.91. The highest BCUT2D eigenvalue weighted by Crippen LogP contribution is 2.14. The predicted octanol–water partition coefficient (Wildman–Crippen LogP) is 1.26. The topological polar surface area (TPSA) is 93.8 Å². The van der Waals surface area contributed by atoms with Gasteiger partial charge >= 0.3 is 0 Å². The Bertz CT molecular complexity index is 667. The number of oxime groups is 1. The number of benzene rings is 1. The van der Waals surface area contributed by atoms with E-state index in [0.717, 1.165) is 5.71 Å². The first-order valence-corrected chi connectivity index (χ1v) is 8.35. The van der Waals surface area contributed by atoms with Gasteiger partial charge in [-0.05, 0) is 18.2 Å². The molecule has 1 aromatic rings. The molecule has 0 amide bonds. The molecule has 0 unspecified atom stereocenters. The minimum absolute atomic E-state index is 0.0213. The van der Waals surface area contributed by atoms with E-state index in [2.05, 4.69) is 5.16 Å². The number of nitrogens with zero attached hydrogens (tertiary/aromatic N) is 3. The van der Waals surface area contributed by atoms with Crippen molar-refractivity contribution in [2.75, 3.05) is 25.4 Å². The van der Waals surface area contributed by atoms with Gasteiger partial charge in [-0.25, -0.2) is 8.42 Å². The number of sulfone groups is 1. The van der Waals surface area contributed by atoms with Crippen LogP contribution in [-0.4, -0.2) is 49.6 Å². The lowest BCUT2D eigenvalue weighted by molar-refractivity contribution is 0.274. The summed E-state index contributed by atoms with van der Waals surface area (Å²) < 4.78 is 24.5. The normalized spacial score (nSPS) is 16.4. The van der Waals surface area contributed by atoms with Crippen molar-refractivity contribution in [3.05, 3.63) is 29.8 Å². The van der Waals surface area contributed by atoms with Gasteiger partial charge in [0.15, 0.2) is 9.84 Å². The van der Waals surface area contributed by atoms with Crippen LogP contribution in [0.3, 0.4) is 0 Å². The van der Waals surface area contributed by atoms with Crippen molar-refractivity contribution in [2.45, 2.75) is 17.7 Å². The third-order valence-electron chi connectivity index (χ3n) is 3.57. The van der Waals surface area contributed by atoms with Crippen molar-refractivity contribution < 1.29 is 13.6 Å². The van der Waals surface area contributed by atoms with Crippen molar-refractivity contribution >= 4 is 15.5 Å². The molecular formula is C14H17N3O3S. The molecule has 1 aromatic carbocycles. The van der Waals surface area contributed by atoms with Gasteiger partial charge in [0.05, 0.1) is 28.0 Å². The molecule has 1 heterocycles. The fraction of sp³-hybridized carbons (Fsp3) is 0.429. The molecular weight excluding hydrogens is 290 g/mol. The monoisotopic (exact) mass is 307 g/mol. The van der Waals surface area contributed by atoms with Gasteiger partial charge in [-0.1, -0.05) is 11.2 Å². The molecule has 0 aliphatic carbocycles. The molecule has 6 nitrogen and oxygen atoms in total. The number of hydrogen-bond acceptors (Lipinski definition) is 6. The van der Waals surface area contributed by atoms with Crippen LogP contribution < -0.4 is 0 Å². The molecule has 21 heavy (non-hydrogen) atoms. The first kappa shape index (κ1) is 15.5. The third kappa shape index (κ3) is 4.03. The summed E-state index contributed by atoms with van der Waals surface area (Å²) in [6.07, 6.45) is 1.33. The van der Waals surface area contributed by atoms with Crippen LogP contribution in [0.25, 0.3) is 0 Å². The molecule has 1 aliphatic rings. The van der Waals surface area contributed by atoms with Crippen LogP contribution in [0.15, 0.2) is 34.3 Å². The molecule has 0 saturated carbocycles. The second-order valence-electron chi connectivity index (χ2n) is 4.97. The van der Waals surface area contributed by atoms with Crippen molar-refractivity contribution in [3.8, 4) is 6.07 Å². The molecule has 1 saturated heterocycles. The lowest BCUT2D eigenvalue weighted by Crippen LogP contribution is -2.37. The van der Waals surface area contributed by atoms with Crippen LogP contribution in [0.4, 0.5) is 0 Å². The maximum Gasteiger partial charge on any atom is 0.179 e. The molecule has 112 valence electrons. The van der Waals surface area contributed by atoms with Crippen molar-refractivity contribution in [2.24, 2.45) is 5.16 Å². The Morgan fingerprint density at radius 3 is 2.67 bits per heavy atom. The molecule has 0 atom stereocenters. The summed E-state index contributed by atoms with van der Waals surface area (Å²) in [4.78, 5) is 2.23. The molecule has 1 aliphatic heterocycles. The van der Waals surface area contributed by atoms with E-state index in [-0.39, 0.29) is 10.6 Å². The zero-order chi connectivity index (χ0) is 15.3. The number of hydrogen-bond donors (Lipinski definition) is 1. The van der Waals surface area contributed by atoms with Crippen LogP contribution in [-0.2, 0) is 9.84 Å². The zero-order valence-corrected chi connectivity index (χ0v) is 12.4. The van der Waals surface area contributed by atoms with Gasteiger partial charge < -0.3 is 10.1 Å². The molecule has 0 radical (unpaired) electrons. The summed E-state index contributed by atoms with van der Waals surface area (Å²) >= 11 is 0. The molecule has 0 spiro atoms. The van der Waals surface area contributed by atoms with E-state index >= 15 is 0 Å². The smallest absolute Gasteiger partial charge is 0.179 e. The highest BCUT2D eigenvalue weighted by atomic mass is 32.2. The van der Waals surface area contributed by atoms with E-state index in [1.165, 1.54) is 12.1 Å². The minimum atomic E-state index is -3.38. The van der Waals surface area contributed by atoms with Crippen molar-refractivity contribution in [1.82, 2.24) is 4.90 Å². The predicted molar refractivity (Wildman–Crippen MR) is 78.1 cm³/mol. The summed E-state index contributed by atoms with van der Waals surface area (Å²) in [7, 11) is -3.38. The van der Waals surface area contributed by atoms with Gasteiger partial charge in [-0.15, -0.1) is 0 Å². The Balaban J connectivity index is 1.97. The lowest BCUT2D eigenvalue weighted by Gasteiger charge is -2.26. The molecule has 1 N–H and O–H groups in total. The van der Waals surface area contributed by atoms with Crippen molar-refractivity contribution in [3.63, 3.8) is 0 Å². The van der Waals surface area contributed by atoms with E-state index in [1.807, 2.05) is 11.0 Å². The summed E-state index contributed by atoms with van der Waals surface area (Å²) in [5, 5.41) is 20.7. The first-order chi connectivity index (χ1) is 10.0. The average molecular weight is 307 g/mol. The third-order valence-corrected chi connectivity index (χ3v) is 5.27. The van der Waals surface area contributed by atoms with Gasteiger partial charge in [0.25, 0.3) is 0 Å². The maximum absolute atomic E-state index is 12.3. The van der Waals surface area contributed by atoms with Crippen molar-refractivity contribution in [1.29, 1.82) is 5.26 Å². The average Bonchev–Trinajstić information content (AvgIpc) is 2.53. The fourth-order valence-electron chi connectivity index (χ4n) is 2.26. The van der Waals surface area contributed by atoms with Gasteiger partial charge in [0, 0.05) is 32.5 Å². The summed E-state index contributed by atoms with van der Waals surface area (Å²) in [5.41, 5.74) is 1.11. The molecule has 7 heteroatoms. The van der Waals surface area contributed by atoms with Gasteiger partial charge in [-0.3, -0.25) is 0 Å².